The van der Waals surface area contributed by atoms with Gasteiger partial charge in [0.15, 0.2) is 5.82 Å². The summed E-state index contributed by atoms with van der Waals surface area (Å²) in [6, 6.07) is 12.5. The Morgan fingerprint density at radius 3 is 2.76 bits per heavy atom. The highest BCUT2D eigenvalue weighted by atomic mass is 32.2. The number of ether oxygens (including phenoxy) is 1. The number of aromatic nitrogens is 2. The van der Waals surface area contributed by atoms with E-state index in [4.69, 9.17) is 4.74 Å². The molecule has 0 bridgehead atoms. The number of morpholine rings is 1. The lowest BCUT2D eigenvalue weighted by atomic mass is 10.0. The summed E-state index contributed by atoms with van der Waals surface area (Å²) in [5.74, 6) is 0.926. The van der Waals surface area contributed by atoms with Crippen molar-refractivity contribution in [1.82, 2.24) is 10.2 Å². The first kappa shape index (κ1) is 14.4. The average molecular weight is 301 g/mol. The number of benzene rings is 1. The summed E-state index contributed by atoms with van der Waals surface area (Å²) in [5.41, 5.74) is 2.53. The maximum Gasteiger partial charge on any atom is 0.151 e. The van der Waals surface area contributed by atoms with Crippen LogP contribution in [0.15, 0.2) is 41.4 Å². The van der Waals surface area contributed by atoms with Gasteiger partial charge in [0.2, 0.25) is 0 Å². The van der Waals surface area contributed by atoms with Crippen LogP contribution in [0.1, 0.15) is 17.2 Å². The molecule has 1 aliphatic rings. The number of nitrogens with zero attached hydrogens (tertiary/aromatic N) is 3. The van der Waals surface area contributed by atoms with Crippen molar-refractivity contribution in [3.8, 4) is 0 Å². The molecule has 1 aromatic carbocycles. The molecule has 5 heteroatoms. The highest BCUT2D eigenvalue weighted by Gasteiger charge is 2.24. The second-order valence-corrected chi connectivity index (χ2v) is 5.92. The third-order valence-electron chi connectivity index (χ3n) is 3.76. The molecule has 0 saturated carbocycles. The topological polar surface area (TPSA) is 38.2 Å². The number of aryl methyl sites for hydroxylation is 1. The summed E-state index contributed by atoms with van der Waals surface area (Å²) in [6.07, 6.45) is 2.11. The molecule has 1 saturated heterocycles. The number of hydrogen-bond acceptors (Lipinski definition) is 5. The summed E-state index contributed by atoms with van der Waals surface area (Å²) in [4.78, 5) is 2.25. The molecule has 1 aliphatic heterocycles. The van der Waals surface area contributed by atoms with Crippen molar-refractivity contribution in [3.63, 3.8) is 0 Å². The van der Waals surface area contributed by atoms with Crippen LogP contribution >= 0.6 is 11.8 Å². The molecule has 4 nitrogen and oxygen atoms in total. The first-order chi connectivity index (χ1) is 10.3. The van der Waals surface area contributed by atoms with E-state index >= 15 is 0 Å². The van der Waals surface area contributed by atoms with E-state index in [0.717, 1.165) is 23.9 Å². The van der Waals surface area contributed by atoms with Crippen LogP contribution in [0.3, 0.4) is 0 Å². The Kier molecular flexibility index (Phi) is 4.41. The van der Waals surface area contributed by atoms with Crippen LogP contribution in [0.25, 0.3) is 0 Å². The minimum absolute atomic E-state index is 0.0991. The Hall–Kier alpha value is -1.59. The summed E-state index contributed by atoms with van der Waals surface area (Å²) in [5, 5.41) is 9.49. The molecule has 1 fully saturated rings. The molecule has 21 heavy (non-hydrogen) atoms. The molecule has 0 spiro atoms. The van der Waals surface area contributed by atoms with Crippen molar-refractivity contribution in [1.29, 1.82) is 0 Å². The number of thioether (sulfide) groups is 1. The fraction of sp³-hybridized carbons (Fsp3) is 0.375. The SMILES string of the molecule is CSc1ccc(N2CCOC(c3ccccc3C)C2)nn1. The fourth-order valence-corrected chi connectivity index (χ4v) is 2.91. The Morgan fingerprint density at radius 2 is 2.05 bits per heavy atom. The Labute approximate surface area is 129 Å². The fourth-order valence-electron chi connectivity index (χ4n) is 2.58. The van der Waals surface area contributed by atoms with E-state index in [1.165, 1.54) is 11.1 Å². The van der Waals surface area contributed by atoms with Crippen molar-refractivity contribution in [2.75, 3.05) is 30.9 Å². The molecule has 1 atom stereocenters. The summed E-state index contributed by atoms with van der Waals surface area (Å²) >= 11 is 1.61. The monoisotopic (exact) mass is 301 g/mol. The molecule has 2 heterocycles. The average Bonchev–Trinajstić information content (AvgIpc) is 2.55. The second-order valence-electron chi connectivity index (χ2n) is 5.10. The largest absolute Gasteiger partial charge is 0.370 e. The Bertz CT molecular complexity index is 603. The van der Waals surface area contributed by atoms with E-state index in [-0.39, 0.29) is 6.10 Å². The summed E-state index contributed by atoms with van der Waals surface area (Å²) in [7, 11) is 0. The van der Waals surface area contributed by atoms with Gasteiger partial charge in [-0.2, -0.15) is 0 Å². The predicted octanol–water partition coefficient (Wildman–Crippen LogP) is 3.08. The zero-order valence-corrected chi connectivity index (χ0v) is 13.1. The minimum Gasteiger partial charge on any atom is -0.370 e. The normalized spacial score (nSPS) is 18.8. The lowest BCUT2D eigenvalue weighted by Gasteiger charge is -2.34. The van der Waals surface area contributed by atoms with Gasteiger partial charge in [0.1, 0.15) is 11.1 Å². The van der Waals surface area contributed by atoms with Gasteiger partial charge < -0.3 is 9.64 Å². The lowest BCUT2D eigenvalue weighted by Crippen LogP contribution is -2.39. The third-order valence-corrected chi connectivity index (χ3v) is 4.40. The standard InChI is InChI=1S/C16H19N3OS/c1-12-5-3-4-6-13(12)14-11-19(9-10-20-14)15-7-8-16(21-2)18-17-15/h3-8,14H,9-11H2,1-2H3. The quantitative estimate of drug-likeness (QED) is 0.815. The van der Waals surface area contributed by atoms with Crippen molar-refractivity contribution >= 4 is 17.6 Å². The van der Waals surface area contributed by atoms with E-state index in [9.17, 15) is 0 Å². The van der Waals surface area contributed by atoms with Gasteiger partial charge in [-0.05, 0) is 36.4 Å². The molecular formula is C16H19N3OS. The Morgan fingerprint density at radius 1 is 1.19 bits per heavy atom. The van der Waals surface area contributed by atoms with Crippen molar-refractivity contribution in [2.45, 2.75) is 18.1 Å². The van der Waals surface area contributed by atoms with Gasteiger partial charge in [0.25, 0.3) is 0 Å². The van der Waals surface area contributed by atoms with Gasteiger partial charge in [-0.1, -0.05) is 24.3 Å². The highest BCUT2D eigenvalue weighted by molar-refractivity contribution is 7.98. The van der Waals surface area contributed by atoms with Gasteiger partial charge in [0, 0.05) is 13.1 Å². The lowest BCUT2D eigenvalue weighted by molar-refractivity contribution is 0.0391. The van der Waals surface area contributed by atoms with Gasteiger partial charge in [-0.3, -0.25) is 0 Å². The molecule has 0 N–H and O–H groups in total. The van der Waals surface area contributed by atoms with Crippen LogP contribution in [0, 0.1) is 6.92 Å². The Balaban J connectivity index is 1.77. The third kappa shape index (κ3) is 3.19. The molecule has 0 radical (unpaired) electrons. The summed E-state index contributed by atoms with van der Waals surface area (Å²) in [6.45, 7) is 4.52. The van der Waals surface area contributed by atoms with Crippen LogP contribution in [0.5, 0.6) is 0 Å². The maximum absolute atomic E-state index is 5.95. The molecule has 110 valence electrons. The summed E-state index contributed by atoms with van der Waals surface area (Å²) < 4.78 is 5.95. The highest BCUT2D eigenvalue weighted by Crippen LogP contribution is 2.27. The molecule has 1 unspecified atom stereocenters. The van der Waals surface area contributed by atoms with E-state index in [2.05, 4.69) is 46.3 Å². The molecule has 2 aromatic rings. The number of hydrogen-bond donors (Lipinski definition) is 0. The predicted molar refractivity (Wildman–Crippen MR) is 85.9 cm³/mol. The zero-order valence-electron chi connectivity index (χ0n) is 12.3. The maximum atomic E-state index is 5.95. The minimum atomic E-state index is 0.0991. The number of anilines is 1. The van der Waals surface area contributed by atoms with Crippen LogP contribution < -0.4 is 4.90 Å². The molecule has 0 aliphatic carbocycles. The molecule has 1 aromatic heterocycles. The first-order valence-electron chi connectivity index (χ1n) is 7.07. The van der Waals surface area contributed by atoms with E-state index in [1.54, 1.807) is 11.8 Å². The van der Waals surface area contributed by atoms with Crippen molar-refractivity contribution in [2.24, 2.45) is 0 Å². The van der Waals surface area contributed by atoms with Crippen molar-refractivity contribution in [3.05, 3.63) is 47.5 Å². The van der Waals surface area contributed by atoms with Gasteiger partial charge in [-0.25, -0.2) is 0 Å². The van der Waals surface area contributed by atoms with Gasteiger partial charge in [0.05, 0.1) is 6.61 Å². The number of rotatable bonds is 3. The van der Waals surface area contributed by atoms with E-state index in [1.807, 2.05) is 18.4 Å². The molecule has 0 amide bonds. The van der Waals surface area contributed by atoms with Crippen molar-refractivity contribution < 1.29 is 4.74 Å². The smallest absolute Gasteiger partial charge is 0.151 e. The van der Waals surface area contributed by atoms with E-state index in [0.29, 0.717) is 6.61 Å². The van der Waals surface area contributed by atoms with Gasteiger partial charge >= 0.3 is 0 Å². The first-order valence-corrected chi connectivity index (χ1v) is 8.30. The van der Waals surface area contributed by atoms with Crippen LogP contribution in [-0.4, -0.2) is 36.1 Å². The van der Waals surface area contributed by atoms with Crippen LogP contribution in [0.2, 0.25) is 0 Å². The zero-order chi connectivity index (χ0) is 14.7. The van der Waals surface area contributed by atoms with Crippen LogP contribution in [0.4, 0.5) is 5.82 Å². The van der Waals surface area contributed by atoms with Crippen LogP contribution in [-0.2, 0) is 4.74 Å². The van der Waals surface area contributed by atoms with E-state index < -0.39 is 0 Å². The molecule has 3 rings (SSSR count). The van der Waals surface area contributed by atoms with Gasteiger partial charge in [-0.15, -0.1) is 22.0 Å². The second kappa shape index (κ2) is 6.45. The molecular weight excluding hydrogens is 282 g/mol.